The van der Waals surface area contributed by atoms with Crippen LogP contribution < -0.4 is 10.2 Å². The van der Waals surface area contributed by atoms with Gasteiger partial charge in [-0.05, 0) is 30.3 Å². The van der Waals surface area contributed by atoms with Gasteiger partial charge in [0.1, 0.15) is 11.5 Å². The zero-order valence-corrected chi connectivity index (χ0v) is 14.2. The molecule has 144 valence electrons. The first kappa shape index (κ1) is 19.0. The smallest absolute Gasteiger partial charge is 0.338 e. The average molecular weight is 383 g/mol. The molecular weight excluding hydrogens is 366 g/mol. The minimum absolute atomic E-state index is 0.0280. The molecule has 27 heavy (non-hydrogen) atoms. The van der Waals surface area contributed by atoms with Crippen LogP contribution in [0.1, 0.15) is 5.69 Å². The van der Waals surface area contributed by atoms with Crippen molar-refractivity contribution in [2.45, 2.75) is 6.18 Å². The number of nitrogens with zero attached hydrogens (tertiary/aromatic N) is 4. The van der Waals surface area contributed by atoms with Gasteiger partial charge in [0.2, 0.25) is 11.9 Å². The van der Waals surface area contributed by atoms with Crippen molar-refractivity contribution >= 4 is 17.5 Å². The van der Waals surface area contributed by atoms with Crippen LogP contribution in [0.5, 0.6) is 0 Å². The number of benzene rings is 1. The fourth-order valence-electron chi connectivity index (χ4n) is 2.70. The summed E-state index contributed by atoms with van der Waals surface area (Å²) >= 11 is 0. The number of rotatable bonds is 4. The van der Waals surface area contributed by atoms with Crippen molar-refractivity contribution in [1.82, 2.24) is 14.9 Å². The molecule has 1 saturated heterocycles. The number of hydrogen-bond acceptors (Lipinski definition) is 5. The van der Waals surface area contributed by atoms with Crippen LogP contribution in [0, 0.1) is 5.82 Å². The van der Waals surface area contributed by atoms with Gasteiger partial charge in [-0.25, -0.2) is 14.4 Å². The zero-order chi connectivity index (χ0) is 19.4. The summed E-state index contributed by atoms with van der Waals surface area (Å²) in [6, 6.07) is 6.28. The first-order chi connectivity index (χ1) is 12.8. The van der Waals surface area contributed by atoms with Gasteiger partial charge >= 0.3 is 6.18 Å². The first-order valence-electron chi connectivity index (χ1n) is 8.24. The zero-order valence-electron chi connectivity index (χ0n) is 14.2. The Hall–Kier alpha value is -2.75. The van der Waals surface area contributed by atoms with Crippen molar-refractivity contribution in [2.75, 3.05) is 42.9 Å². The molecule has 0 bridgehead atoms. The van der Waals surface area contributed by atoms with Crippen LogP contribution in [0.25, 0.3) is 0 Å². The molecule has 1 aromatic carbocycles. The Balaban J connectivity index is 1.51. The van der Waals surface area contributed by atoms with Crippen LogP contribution in [-0.2, 0) is 11.0 Å². The van der Waals surface area contributed by atoms with Gasteiger partial charge in [0.15, 0.2) is 0 Å². The molecule has 1 fully saturated rings. The van der Waals surface area contributed by atoms with Crippen LogP contribution in [0.3, 0.4) is 0 Å². The van der Waals surface area contributed by atoms with Gasteiger partial charge in [0.25, 0.3) is 0 Å². The molecule has 1 N–H and O–H groups in total. The van der Waals surface area contributed by atoms with Crippen molar-refractivity contribution in [3.05, 3.63) is 48.0 Å². The van der Waals surface area contributed by atoms with Crippen molar-refractivity contribution in [2.24, 2.45) is 0 Å². The number of anilines is 2. The summed E-state index contributed by atoms with van der Waals surface area (Å²) in [4.78, 5) is 23.1. The second kappa shape index (κ2) is 7.87. The molecule has 1 aromatic heterocycles. The number of alkyl halides is 3. The molecule has 3 rings (SSSR count). The van der Waals surface area contributed by atoms with E-state index in [0.29, 0.717) is 31.9 Å². The highest BCUT2D eigenvalue weighted by molar-refractivity contribution is 5.92. The Morgan fingerprint density at radius 2 is 1.74 bits per heavy atom. The van der Waals surface area contributed by atoms with Crippen molar-refractivity contribution in [1.29, 1.82) is 0 Å². The Kier molecular flexibility index (Phi) is 5.54. The molecule has 1 aliphatic heterocycles. The summed E-state index contributed by atoms with van der Waals surface area (Å²) in [7, 11) is 0. The first-order valence-corrected chi connectivity index (χ1v) is 8.24. The van der Waals surface area contributed by atoms with E-state index < -0.39 is 11.9 Å². The van der Waals surface area contributed by atoms with E-state index in [1.807, 2.05) is 4.90 Å². The highest BCUT2D eigenvalue weighted by atomic mass is 19.4. The molecule has 2 aromatic rings. The Bertz CT molecular complexity index is 789. The van der Waals surface area contributed by atoms with E-state index in [-0.39, 0.29) is 24.2 Å². The molecule has 6 nitrogen and oxygen atoms in total. The summed E-state index contributed by atoms with van der Waals surface area (Å²) in [5.41, 5.74) is -0.481. The molecule has 10 heteroatoms. The van der Waals surface area contributed by atoms with Crippen LogP contribution in [0.15, 0.2) is 36.5 Å². The average Bonchev–Trinajstić information content (AvgIpc) is 2.64. The minimum Gasteiger partial charge on any atom is -0.338 e. The predicted molar refractivity (Wildman–Crippen MR) is 90.7 cm³/mol. The molecule has 0 aliphatic carbocycles. The van der Waals surface area contributed by atoms with E-state index in [9.17, 15) is 22.4 Å². The maximum atomic E-state index is 12.9. The Morgan fingerprint density at radius 1 is 1.07 bits per heavy atom. The quantitative estimate of drug-likeness (QED) is 0.822. The second-order valence-electron chi connectivity index (χ2n) is 6.06. The standard InChI is InChI=1S/C17H17F4N5O/c18-12-1-3-13(4-2-12)23-15(27)11-25-7-9-26(10-8-25)16-22-6-5-14(24-16)17(19,20)21/h1-6H,7-11H2,(H,23,27). The third-order valence-corrected chi connectivity index (χ3v) is 4.08. The third kappa shape index (κ3) is 5.13. The number of hydrogen-bond donors (Lipinski definition) is 1. The highest BCUT2D eigenvalue weighted by Gasteiger charge is 2.33. The number of carbonyl (C=O) groups excluding carboxylic acids is 1. The summed E-state index contributed by atoms with van der Waals surface area (Å²) in [6.45, 7) is 1.91. The topological polar surface area (TPSA) is 61.4 Å². The molecule has 0 radical (unpaired) electrons. The SMILES string of the molecule is O=C(CN1CCN(c2nccc(C(F)(F)F)n2)CC1)Nc1ccc(F)cc1. The third-order valence-electron chi connectivity index (χ3n) is 4.08. The molecule has 1 aliphatic rings. The Labute approximate surface area is 152 Å². The van der Waals surface area contributed by atoms with Crippen molar-refractivity contribution in [3.63, 3.8) is 0 Å². The lowest BCUT2D eigenvalue weighted by atomic mass is 10.3. The lowest BCUT2D eigenvalue weighted by Gasteiger charge is -2.34. The van der Waals surface area contributed by atoms with Gasteiger partial charge in [0, 0.05) is 38.1 Å². The van der Waals surface area contributed by atoms with E-state index in [1.54, 1.807) is 4.90 Å². The fourth-order valence-corrected chi connectivity index (χ4v) is 2.70. The molecule has 0 spiro atoms. The van der Waals surface area contributed by atoms with Crippen LogP contribution >= 0.6 is 0 Å². The normalized spacial score (nSPS) is 15.6. The summed E-state index contributed by atoms with van der Waals surface area (Å²) in [5.74, 6) is -0.605. The van der Waals surface area contributed by atoms with Gasteiger partial charge in [-0.15, -0.1) is 0 Å². The van der Waals surface area contributed by atoms with Gasteiger partial charge in [-0.2, -0.15) is 13.2 Å². The van der Waals surface area contributed by atoms with Gasteiger partial charge in [-0.3, -0.25) is 9.69 Å². The monoisotopic (exact) mass is 383 g/mol. The van der Waals surface area contributed by atoms with E-state index in [2.05, 4.69) is 15.3 Å². The lowest BCUT2D eigenvalue weighted by Crippen LogP contribution is -2.49. The van der Waals surface area contributed by atoms with Gasteiger partial charge < -0.3 is 10.2 Å². The summed E-state index contributed by atoms with van der Waals surface area (Å²) in [5, 5.41) is 2.67. The minimum atomic E-state index is -4.52. The molecule has 0 atom stereocenters. The molecular formula is C17H17F4N5O. The highest BCUT2D eigenvalue weighted by Crippen LogP contribution is 2.28. The molecule has 1 amide bonds. The van der Waals surface area contributed by atoms with E-state index in [4.69, 9.17) is 0 Å². The molecule has 0 unspecified atom stereocenters. The van der Waals surface area contributed by atoms with E-state index in [0.717, 1.165) is 12.3 Å². The number of amides is 1. The van der Waals surface area contributed by atoms with Gasteiger partial charge in [-0.1, -0.05) is 0 Å². The number of carbonyl (C=O) groups is 1. The number of nitrogens with one attached hydrogen (secondary N) is 1. The number of halogens is 4. The van der Waals surface area contributed by atoms with Crippen molar-refractivity contribution < 1.29 is 22.4 Å². The van der Waals surface area contributed by atoms with Crippen LogP contribution in [-0.4, -0.2) is 53.5 Å². The molecule has 0 saturated carbocycles. The second-order valence-corrected chi connectivity index (χ2v) is 6.06. The van der Waals surface area contributed by atoms with E-state index in [1.165, 1.54) is 24.3 Å². The maximum absolute atomic E-state index is 12.9. The van der Waals surface area contributed by atoms with E-state index >= 15 is 0 Å². The fraction of sp³-hybridized carbons (Fsp3) is 0.353. The number of piperazine rings is 1. The predicted octanol–water partition coefficient (Wildman–Crippen LogP) is 2.40. The maximum Gasteiger partial charge on any atom is 0.433 e. The van der Waals surface area contributed by atoms with Gasteiger partial charge in [0.05, 0.1) is 6.54 Å². The lowest BCUT2D eigenvalue weighted by molar-refractivity contribution is -0.141. The van der Waals surface area contributed by atoms with Crippen LogP contribution in [0.2, 0.25) is 0 Å². The summed E-state index contributed by atoms with van der Waals surface area (Å²) in [6.07, 6.45) is -3.42. The van der Waals surface area contributed by atoms with Crippen LogP contribution in [0.4, 0.5) is 29.2 Å². The number of aromatic nitrogens is 2. The van der Waals surface area contributed by atoms with Crippen molar-refractivity contribution in [3.8, 4) is 0 Å². The molecule has 2 heterocycles. The largest absolute Gasteiger partial charge is 0.433 e. The Morgan fingerprint density at radius 3 is 2.37 bits per heavy atom. The summed E-state index contributed by atoms with van der Waals surface area (Å²) < 4.78 is 51.1.